The monoisotopic (exact) mass is 563 g/mol. The van der Waals surface area contributed by atoms with Gasteiger partial charge in [0.2, 0.25) is 5.91 Å². The lowest BCUT2D eigenvalue weighted by molar-refractivity contribution is -0.117. The zero-order valence-electron chi connectivity index (χ0n) is 21.1. The molecular formula is C28H30BrN5O3. The highest BCUT2D eigenvalue weighted by molar-refractivity contribution is 9.10. The average Bonchev–Trinajstić information content (AvgIpc) is 3.61. The van der Waals surface area contributed by atoms with E-state index < -0.39 is 0 Å². The molecule has 0 spiro atoms. The molecule has 0 saturated carbocycles. The summed E-state index contributed by atoms with van der Waals surface area (Å²) in [6.45, 7) is 8.36. The highest BCUT2D eigenvalue weighted by Crippen LogP contribution is 2.39. The quantitative estimate of drug-likeness (QED) is 0.314. The van der Waals surface area contributed by atoms with Crippen LogP contribution in [-0.2, 0) is 16.1 Å². The molecule has 0 radical (unpaired) electrons. The van der Waals surface area contributed by atoms with Gasteiger partial charge in [0, 0.05) is 59.4 Å². The van der Waals surface area contributed by atoms with Crippen molar-refractivity contribution >= 4 is 38.5 Å². The van der Waals surface area contributed by atoms with E-state index >= 15 is 0 Å². The molecule has 37 heavy (non-hydrogen) atoms. The Hall–Kier alpha value is -3.01. The Morgan fingerprint density at radius 2 is 2.00 bits per heavy atom. The van der Waals surface area contributed by atoms with Crippen LogP contribution in [0.3, 0.4) is 0 Å². The van der Waals surface area contributed by atoms with Crippen LogP contribution in [-0.4, -0.2) is 57.9 Å². The third kappa shape index (κ3) is 4.71. The SMILES string of the molecule is Cc1noc2ccc(-c3cn(C[C@H](C)N4CCOCC4)c([C@@H]4CCC(=O)N4c4cccc(Br)c4)n3)cc12. The molecule has 0 aliphatic carbocycles. The van der Waals surface area contributed by atoms with Crippen LogP contribution in [0.15, 0.2) is 57.7 Å². The number of fused-ring (bicyclic) bond motifs is 1. The van der Waals surface area contributed by atoms with Gasteiger partial charge in [-0.3, -0.25) is 9.69 Å². The Bertz CT molecular complexity index is 1440. The van der Waals surface area contributed by atoms with Gasteiger partial charge >= 0.3 is 0 Å². The number of amides is 1. The number of imidazole rings is 1. The first kappa shape index (κ1) is 24.3. The molecule has 2 aromatic heterocycles. The number of halogens is 1. The molecule has 0 N–H and O–H groups in total. The van der Waals surface area contributed by atoms with Crippen molar-refractivity contribution < 1.29 is 14.1 Å². The fraction of sp³-hybridized carbons (Fsp3) is 0.393. The van der Waals surface area contributed by atoms with E-state index in [1.165, 1.54) is 0 Å². The van der Waals surface area contributed by atoms with Crippen LogP contribution in [0.25, 0.3) is 22.2 Å². The molecule has 0 unspecified atom stereocenters. The van der Waals surface area contributed by atoms with E-state index in [0.717, 1.165) is 83.2 Å². The van der Waals surface area contributed by atoms with Gasteiger partial charge < -0.3 is 18.7 Å². The molecule has 6 rings (SSSR count). The van der Waals surface area contributed by atoms with Gasteiger partial charge in [-0.05, 0) is 56.7 Å². The predicted octanol–water partition coefficient (Wildman–Crippen LogP) is 5.35. The minimum Gasteiger partial charge on any atom is -0.379 e. The summed E-state index contributed by atoms with van der Waals surface area (Å²) in [6, 6.07) is 14.2. The van der Waals surface area contributed by atoms with Crippen molar-refractivity contribution in [2.75, 3.05) is 31.2 Å². The molecule has 2 aliphatic heterocycles. The molecule has 4 heterocycles. The maximum atomic E-state index is 13.1. The topological polar surface area (TPSA) is 76.6 Å². The first-order valence-electron chi connectivity index (χ1n) is 12.8. The number of hydrogen-bond acceptors (Lipinski definition) is 6. The molecule has 9 heteroatoms. The van der Waals surface area contributed by atoms with Gasteiger partial charge in [0.15, 0.2) is 5.58 Å². The van der Waals surface area contributed by atoms with E-state index in [0.29, 0.717) is 12.5 Å². The Kier molecular flexibility index (Phi) is 6.60. The summed E-state index contributed by atoms with van der Waals surface area (Å²) >= 11 is 3.57. The van der Waals surface area contributed by atoms with E-state index in [9.17, 15) is 4.79 Å². The lowest BCUT2D eigenvalue weighted by atomic mass is 10.1. The van der Waals surface area contributed by atoms with Crippen LogP contribution in [0.4, 0.5) is 5.69 Å². The highest BCUT2D eigenvalue weighted by atomic mass is 79.9. The second kappa shape index (κ2) is 10.0. The van der Waals surface area contributed by atoms with Crippen molar-refractivity contribution in [3.05, 3.63) is 64.7 Å². The molecule has 0 bridgehead atoms. The zero-order chi connectivity index (χ0) is 25.5. The smallest absolute Gasteiger partial charge is 0.227 e. The van der Waals surface area contributed by atoms with E-state index in [2.05, 4.69) is 49.7 Å². The Morgan fingerprint density at radius 1 is 1.16 bits per heavy atom. The number of nitrogens with zero attached hydrogens (tertiary/aromatic N) is 5. The van der Waals surface area contributed by atoms with Crippen molar-refractivity contribution in [1.82, 2.24) is 19.6 Å². The number of aromatic nitrogens is 3. The summed E-state index contributed by atoms with van der Waals surface area (Å²) in [5.74, 6) is 1.05. The van der Waals surface area contributed by atoms with Gasteiger partial charge in [0.1, 0.15) is 5.82 Å². The van der Waals surface area contributed by atoms with Crippen LogP contribution >= 0.6 is 15.9 Å². The Balaban J connectivity index is 1.41. The first-order chi connectivity index (χ1) is 18.0. The molecule has 4 aromatic rings. The third-order valence-corrected chi connectivity index (χ3v) is 7.97. The second-order valence-corrected chi connectivity index (χ2v) is 10.8. The number of benzene rings is 2. The maximum Gasteiger partial charge on any atom is 0.227 e. The van der Waals surface area contributed by atoms with Crippen LogP contribution in [0.2, 0.25) is 0 Å². The van der Waals surface area contributed by atoms with Crippen molar-refractivity contribution in [3.8, 4) is 11.3 Å². The number of ether oxygens (including phenoxy) is 1. The molecule has 8 nitrogen and oxygen atoms in total. The average molecular weight is 564 g/mol. The van der Waals surface area contributed by atoms with Crippen LogP contribution in [0.5, 0.6) is 0 Å². The molecule has 2 aromatic carbocycles. The zero-order valence-corrected chi connectivity index (χ0v) is 22.6. The van der Waals surface area contributed by atoms with Crippen LogP contribution in [0, 0.1) is 6.92 Å². The van der Waals surface area contributed by atoms with E-state index in [-0.39, 0.29) is 11.9 Å². The minimum absolute atomic E-state index is 0.127. The number of rotatable bonds is 6. The van der Waals surface area contributed by atoms with E-state index in [1.807, 2.05) is 48.2 Å². The van der Waals surface area contributed by atoms with Gasteiger partial charge in [0.25, 0.3) is 0 Å². The number of morpholine rings is 1. The van der Waals surface area contributed by atoms with Gasteiger partial charge in [0.05, 0.1) is 30.6 Å². The Morgan fingerprint density at radius 3 is 2.81 bits per heavy atom. The van der Waals surface area contributed by atoms with Gasteiger partial charge in [-0.1, -0.05) is 27.2 Å². The van der Waals surface area contributed by atoms with Crippen molar-refractivity contribution in [3.63, 3.8) is 0 Å². The summed E-state index contributed by atoms with van der Waals surface area (Å²) in [7, 11) is 0. The van der Waals surface area contributed by atoms with Crippen LogP contribution < -0.4 is 4.90 Å². The Labute approximate surface area is 224 Å². The third-order valence-electron chi connectivity index (χ3n) is 7.48. The van der Waals surface area contributed by atoms with Crippen molar-refractivity contribution in [2.24, 2.45) is 0 Å². The van der Waals surface area contributed by atoms with Gasteiger partial charge in [-0.2, -0.15) is 0 Å². The maximum absolute atomic E-state index is 13.1. The van der Waals surface area contributed by atoms with Crippen LogP contribution in [0.1, 0.15) is 37.3 Å². The van der Waals surface area contributed by atoms with Crippen molar-refractivity contribution in [2.45, 2.75) is 45.3 Å². The number of anilines is 1. The largest absolute Gasteiger partial charge is 0.379 e. The molecule has 2 atom stereocenters. The lowest BCUT2D eigenvalue weighted by Crippen LogP contribution is -2.44. The molecule has 2 saturated heterocycles. The normalized spacial score (nSPS) is 19.7. The summed E-state index contributed by atoms with van der Waals surface area (Å²) < 4.78 is 14.2. The molecular weight excluding hydrogens is 534 g/mol. The summed E-state index contributed by atoms with van der Waals surface area (Å²) in [5.41, 5.74) is 4.42. The summed E-state index contributed by atoms with van der Waals surface area (Å²) in [4.78, 5) is 22.7. The fourth-order valence-electron chi connectivity index (χ4n) is 5.50. The first-order valence-corrected chi connectivity index (χ1v) is 13.6. The molecule has 2 aliphatic rings. The fourth-order valence-corrected chi connectivity index (χ4v) is 5.88. The number of carbonyl (C=O) groups is 1. The van der Waals surface area contributed by atoms with E-state index in [1.54, 1.807) is 0 Å². The summed E-state index contributed by atoms with van der Waals surface area (Å²) in [6.07, 6.45) is 3.37. The summed E-state index contributed by atoms with van der Waals surface area (Å²) in [5, 5.41) is 5.09. The molecule has 192 valence electrons. The number of carbonyl (C=O) groups excluding carboxylic acids is 1. The van der Waals surface area contributed by atoms with Gasteiger partial charge in [-0.25, -0.2) is 4.98 Å². The van der Waals surface area contributed by atoms with Crippen molar-refractivity contribution in [1.29, 1.82) is 0 Å². The predicted molar refractivity (Wildman–Crippen MR) is 145 cm³/mol. The standard InChI is InChI=1S/C28H30BrN5O3/c1-18(32-10-12-36-13-11-32)16-33-17-24(20-6-8-26-23(14-20)19(2)31-37-26)30-28(33)25-7-9-27(35)34(25)22-5-3-4-21(29)15-22/h3-6,8,14-15,17-18,25H,7,9-13,16H2,1-2H3/t18-,25-/m0/s1. The lowest BCUT2D eigenvalue weighted by Gasteiger charge is -2.33. The van der Waals surface area contributed by atoms with E-state index in [4.69, 9.17) is 14.2 Å². The molecule has 2 fully saturated rings. The number of aryl methyl sites for hydroxylation is 1. The number of hydrogen-bond donors (Lipinski definition) is 0. The minimum atomic E-state index is -0.131. The highest BCUT2D eigenvalue weighted by Gasteiger charge is 2.37. The molecule has 1 amide bonds. The second-order valence-electron chi connectivity index (χ2n) is 9.91. The van der Waals surface area contributed by atoms with Gasteiger partial charge in [-0.15, -0.1) is 0 Å².